The van der Waals surface area contributed by atoms with Crippen LogP contribution in [0.4, 0.5) is 15.8 Å². The second-order valence-corrected chi connectivity index (χ2v) is 6.62. The van der Waals surface area contributed by atoms with Gasteiger partial charge in [0, 0.05) is 11.3 Å². The number of amides is 1. The van der Waals surface area contributed by atoms with Crippen molar-refractivity contribution >= 4 is 27.3 Å². The molecule has 5 nitrogen and oxygen atoms in total. The van der Waals surface area contributed by atoms with Gasteiger partial charge in [0.25, 0.3) is 5.91 Å². The van der Waals surface area contributed by atoms with E-state index in [-0.39, 0.29) is 5.56 Å². The first kappa shape index (κ1) is 16.0. The number of halogens is 1. The normalized spacial score (nSPS) is 11.0. The molecule has 0 aliphatic rings. The van der Waals surface area contributed by atoms with Crippen molar-refractivity contribution in [2.75, 3.05) is 16.3 Å². The molecule has 0 spiro atoms. The molecule has 1 amide bonds. The van der Waals surface area contributed by atoms with E-state index in [0.29, 0.717) is 16.9 Å². The third-order valence-corrected chi connectivity index (χ3v) is 3.46. The van der Waals surface area contributed by atoms with Crippen LogP contribution in [0.2, 0.25) is 0 Å². The highest BCUT2D eigenvalue weighted by atomic mass is 32.2. The van der Waals surface area contributed by atoms with E-state index in [1.165, 1.54) is 18.2 Å². The zero-order chi connectivity index (χ0) is 16.3. The van der Waals surface area contributed by atoms with E-state index in [2.05, 4.69) is 10.0 Å². The molecule has 0 radical (unpaired) electrons. The molecule has 0 bridgehead atoms. The van der Waals surface area contributed by atoms with Crippen LogP contribution in [0.5, 0.6) is 0 Å². The van der Waals surface area contributed by atoms with Crippen molar-refractivity contribution in [3.8, 4) is 0 Å². The van der Waals surface area contributed by atoms with Gasteiger partial charge in [-0.25, -0.2) is 12.8 Å². The van der Waals surface area contributed by atoms with E-state index in [1.54, 1.807) is 25.1 Å². The lowest BCUT2D eigenvalue weighted by molar-refractivity contribution is 0.102. The molecule has 0 unspecified atom stereocenters. The third-order valence-electron chi connectivity index (χ3n) is 2.86. The number of aryl methyl sites for hydroxylation is 1. The van der Waals surface area contributed by atoms with Gasteiger partial charge in [0.1, 0.15) is 5.82 Å². The van der Waals surface area contributed by atoms with Crippen LogP contribution in [-0.2, 0) is 10.0 Å². The summed E-state index contributed by atoms with van der Waals surface area (Å²) in [6, 6.07) is 10.4. The number of hydrogen-bond donors (Lipinski definition) is 2. The van der Waals surface area contributed by atoms with Crippen molar-refractivity contribution in [1.82, 2.24) is 0 Å². The first-order valence-electron chi connectivity index (χ1n) is 6.40. The summed E-state index contributed by atoms with van der Waals surface area (Å²) in [4.78, 5) is 12.1. The summed E-state index contributed by atoms with van der Waals surface area (Å²) in [5.41, 5.74) is 1.37. The third kappa shape index (κ3) is 4.29. The van der Waals surface area contributed by atoms with Crippen LogP contribution in [0.1, 0.15) is 15.9 Å². The number of sulfonamides is 1. The minimum Gasteiger partial charge on any atom is -0.322 e. The van der Waals surface area contributed by atoms with Crippen molar-refractivity contribution in [2.24, 2.45) is 0 Å². The zero-order valence-corrected chi connectivity index (χ0v) is 12.9. The number of nitrogens with one attached hydrogen (secondary N) is 2. The number of rotatable bonds is 4. The van der Waals surface area contributed by atoms with Crippen LogP contribution in [0.25, 0.3) is 0 Å². The van der Waals surface area contributed by atoms with Gasteiger partial charge in [0.05, 0.1) is 11.9 Å². The van der Waals surface area contributed by atoms with Gasteiger partial charge in [-0.05, 0) is 42.8 Å². The lowest BCUT2D eigenvalue weighted by Gasteiger charge is -2.09. The molecule has 0 atom stereocenters. The van der Waals surface area contributed by atoms with E-state index >= 15 is 0 Å². The lowest BCUT2D eigenvalue weighted by atomic mass is 10.1. The molecule has 0 saturated carbocycles. The van der Waals surface area contributed by atoms with E-state index in [0.717, 1.165) is 12.3 Å². The standard InChI is InChI=1S/C15H15FN2O3S/c1-10-6-7-11(8-14(10)16)15(19)17-12-4-3-5-13(9-12)18-22(2,20)21/h3-9,18H,1-2H3,(H,17,19). The minimum atomic E-state index is -3.40. The van der Waals surface area contributed by atoms with E-state index in [1.807, 2.05) is 0 Å². The highest BCUT2D eigenvalue weighted by Gasteiger charge is 2.09. The highest BCUT2D eigenvalue weighted by molar-refractivity contribution is 7.92. The Morgan fingerprint density at radius 1 is 1.09 bits per heavy atom. The minimum absolute atomic E-state index is 0.185. The molecular weight excluding hydrogens is 307 g/mol. The molecule has 2 N–H and O–H groups in total. The predicted molar refractivity (Wildman–Crippen MR) is 84.0 cm³/mol. The molecule has 0 fully saturated rings. The fourth-order valence-corrected chi connectivity index (χ4v) is 2.37. The Hall–Kier alpha value is -2.41. The summed E-state index contributed by atoms with van der Waals surface area (Å²) < 4.78 is 38.2. The Labute approximate surface area is 128 Å². The highest BCUT2D eigenvalue weighted by Crippen LogP contribution is 2.17. The summed E-state index contributed by atoms with van der Waals surface area (Å²) in [6.45, 7) is 1.61. The van der Waals surface area contributed by atoms with E-state index < -0.39 is 21.7 Å². The number of anilines is 2. The molecule has 0 aromatic heterocycles. The van der Waals surface area contributed by atoms with Crippen LogP contribution in [0.3, 0.4) is 0 Å². The molecule has 0 saturated heterocycles. The van der Waals surface area contributed by atoms with E-state index in [9.17, 15) is 17.6 Å². The van der Waals surface area contributed by atoms with Gasteiger partial charge < -0.3 is 5.32 Å². The van der Waals surface area contributed by atoms with Crippen molar-refractivity contribution in [1.29, 1.82) is 0 Å². The zero-order valence-electron chi connectivity index (χ0n) is 12.1. The Kier molecular flexibility index (Phi) is 4.46. The Balaban J connectivity index is 2.18. The van der Waals surface area contributed by atoms with Gasteiger partial charge in [-0.1, -0.05) is 12.1 Å². The molecule has 2 aromatic carbocycles. The van der Waals surface area contributed by atoms with Gasteiger partial charge in [0.15, 0.2) is 0 Å². The quantitative estimate of drug-likeness (QED) is 0.909. The largest absolute Gasteiger partial charge is 0.322 e. The van der Waals surface area contributed by atoms with Crippen LogP contribution in [0, 0.1) is 12.7 Å². The molecule has 0 heterocycles. The van der Waals surface area contributed by atoms with Gasteiger partial charge >= 0.3 is 0 Å². The Morgan fingerprint density at radius 3 is 2.41 bits per heavy atom. The summed E-state index contributed by atoms with van der Waals surface area (Å²) in [6.07, 6.45) is 1.04. The summed E-state index contributed by atoms with van der Waals surface area (Å²) in [5, 5.41) is 2.59. The number of carbonyl (C=O) groups excluding carboxylic acids is 1. The Morgan fingerprint density at radius 2 is 1.77 bits per heavy atom. The van der Waals surface area contributed by atoms with Gasteiger partial charge in [-0.3, -0.25) is 9.52 Å². The van der Waals surface area contributed by atoms with Crippen molar-refractivity contribution in [3.05, 3.63) is 59.4 Å². The smallest absolute Gasteiger partial charge is 0.255 e. The molecule has 116 valence electrons. The summed E-state index contributed by atoms with van der Waals surface area (Å²) in [7, 11) is -3.40. The number of benzene rings is 2. The predicted octanol–water partition coefficient (Wildman–Crippen LogP) is 2.76. The molecule has 22 heavy (non-hydrogen) atoms. The lowest BCUT2D eigenvalue weighted by Crippen LogP contribution is -2.13. The molecule has 0 aliphatic carbocycles. The van der Waals surface area contributed by atoms with Crippen molar-refractivity contribution in [3.63, 3.8) is 0 Å². The van der Waals surface area contributed by atoms with Gasteiger partial charge in [-0.2, -0.15) is 0 Å². The maximum Gasteiger partial charge on any atom is 0.255 e. The fourth-order valence-electron chi connectivity index (χ4n) is 1.81. The number of hydrogen-bond acceptors (Lipinski definition) is 3. The van der Waals surface area contributed by atoms with Gasteiger partial charge in [-0.15, -0.1) is 0 Å². The monoisotopic (exact) mass is 322 g/mol. The van der Waals surface area contributed by atoms with Crippen LogP contribution in [0.15, 0.2) is 42.5 Å². The maximum atomic E-state index is 13.5. The van der Waals surface area contributed by atoms with Crippen LogP contribution in [-0.4, -0.2) is 20.6 Å². The first-order valence-corrected chi connectivity index (χ1v) is 8.29. The second-order valence-electron chi connectivity index (χ2n) is 4.87. The number of carbonyl (C=O) groups is 1. The molecule has 7 heteroatoms. The second kappa shape index (κ2) is 6.15. The van der Waals surface area contributed by atoms with Crippen LogP contribution < -0.4 is 10.0 Å². The summed E-state index contributed by atoms with van der Waals surface area (Å²) >= 11 is 0. The van der Waals surface area contributed by atoms with E-state index in [4.69, 9.17) is 0 Å². The fraction of sp³-hybridized carbons (Fsp3) is 0.133. The molecule has 2 aromatic rings. The average molecular weight is 322 g/mol. The van der Waals surface area contributed by atoms with Crippen molar-refractivity contribution < 1.29 is 17.6 Å². The SMILES string of the molecule is Cc1ccc(C(=O)Nc2cccc(NS(C)(=O)=O)c2)cc1F. The first-order chi connectivity index (χ1) is 10.2. The molecule has 0 aliphatic heterocycles. The maximum absolute atomic E-state index is 13.5. The average Bonchev–Trinajstić information content (AvgIpc) is 2.40. The summed E-state index contributed by atoms with van der Waals surface area (Å²) in [5.74, 6) is -0.935. The van der Waals surface area contributed by atoms with Gasteiger partial charge in [0.2, 0.25) is 10.0 Å². The topological polar surface area (TPSA) is 75.3 Å². The van der Waals surface area contributed by atoms with Crippen LogP contribution >= 0.6 is 0 Å². The van der Waals surface area contributed by atoms with Crippen molar-refractivity contribution in [2.45, 2.75) is 6.92 Å². The molecular formula is C15H15FN2O3S. The molecule has 2 rings (SSSR count). The Bertz CT molecular complexity index is 819.